The van der Waals surface area contributed by atoms with Crippen molar-refractivity contribution in [3.8, 4) is 50.2 Å². The molecule has 0 atom stereocenters. The molecule has 0 saturated carbocycles. The van der Waals surface area contributed by atoms with Crippen molar-refractivity contribution in [2.45, 2.75) is 38.9 Å². The van der Waals surface area contributed by atoms with Crippen LogP contribution in [0, 0.1) is 0 Å². The molecule has 1 fully saturated rings. The predicted octanol–water partition coefficient (Wildman–Crippen LogP) is 11.8. The third-order valence-corrected chi connectivity index (χ3v) is 11.0. The second-order valence-corrected chi connectivity index (χ2v) is 14.8. The number of aromatic nitrogens is 1. The molecule has 52 heavy (non-hydrogen) atoms. The molecular formula is C48H40BNO2. The van der Waals surface area contributed by atoms with Crippen molar-refractivity contribution >= 4 is 34.4 Å². The standard InChI is InChI=1S/C48H40BNO2/c1-47(2)48(3,4)52-49(51-47)39-25-28-44-43(32-39)45-41(35-21-13-7-14-22-35)26-27-42(36-23-15-8-16-24-36)46(45)50(44)40-30-37(33-17-9-5-10-18-33)29-38(31-40)34-19-11-6-12-20-34/h5-32H,1-4H3. The molecule has 1 aliphatic heterocycles. The summed E-state index contributed by atoms with van der Waals surface area (Å²) in [5, 5.41) is 2.36. The summed E-state index contributed by atoms with van der Waals surface area (Å²) < 4.78 is 15.7. The number of rotatable bonds is 6. The quantitative estimate of drug-likeness (QED) is 0.164. The molecule has 252 valence electrons. The first-order chi connectivity index (χ1) is 25.3. The number of hydrogen-bond acceptors (Lipinski definition) is 2. The molecule has 0 N–H and O–H groups in total. The smallest absolute Gasteiger partial charge is 0.399 e. The number of fused-ring (bicyclic) bond motifs is 3. The molecular weight excluding hydrogens is 633 g/mol. The van der Waals surface area contributed by atoms with Crippen LogP contribution < -0.4 is 5.46 Å². The first-order valence-corrected chi connectivity index (χ1v) is 18.1. The Morgan fingerprint density at radius 1 is 0.442 bits per heavy atom. The highest BCUT2D eigenvalue weighted by molar-refractivity contribution is 6.62. The van der Waals surface area contributed by atoms with E-state index in [9.17, 15) is 0 Å². The molecule has 8 aromatic rings. The lowest BCUT2D eigenvalue weighted by Crippen LogP contribution is -2.41. The van der Waals surface area contributed by atoms with Gasteiger partial charge in [0.15, 0.2) is 0 Å². The van der Waals surface area contributed by atoms with Crippen LogP contribution in [0.25, 0.3) is 72.0 Å². The van der Waals surface area contributed by atoms with Crippen LogP contribution in [0.3, 0.4) is 0 Å². The van der Waals surface area contributed by atoms with Gasteiger partial charge in [0.1, 0.15) is 0 Å². The Bertz CT molecular complexity index is 2480. The fourth-order valence-electron chi connectivity index (χ4n) is 7.60. The average molecular weight is 674 g/mol. The molecule has 4 heteroatoms. The molecule has 0 bridgehead atoms. The van der Waals surface area contributed by atoms with Gasteiger partial charge in [-0.15, -0.1) is 0 Å². The summed E-state index contributed by atoms with van der Waals surface area (Å²) in [6.45, 7) is 8.45. The molecule has 1 aliphatic rings. The minimum atomic E-state index is -0.476. The van der Waals surface area contributed by atoms with Crippen LogP contribution in [0.15, 0.2) is 170 Å². The van der Waals surface area contributed by atoms with Crippen molar-refractivity contribution in [1.82, 2.24) is 4.57 Å². The summed E-state index contributed by atoms with van der Waals surface area (Å²) in [5.74, 6) is 0. The lowest BCUT2D eigenvalue weighted by atomic mass is 9.78. The lowest BCUT2D eigenvalue weighted by Gasteiger charge is -2.32. The number of benzene rings is 7. The van der Waals surface area contributed by atoms with Crippen LogP contribution in [0.4, 0.5) is 0 Å². The van der Waals surface area contributed by atoms with Crippen LogP contribution in [0.2, 0.25) is 0 Å². The first-order valence-electron chi connectivity index (χ1n) is 18.1. The van der Waals surface area contributed by atoms with Crippen LogP contribution in [0.5, 0.6) is 0 Å². The molecule has 1 saturated heterocycles. The van der Waals surface area contributed by atoms with Crippen molar-refractivity contribution in [3.05, 3.63) is 170 Å². The van der Waals surface area contributed by atoms with Crippen LogP contribution in [0.1, 0.15) is 27.7 Å². The van der Waals surface area contributed by atoms with Crippen LogP contribution in [-0.4, -0.2) is 22.9 Å². The molecule has 1 aromatic heterocycles. The third kappa shape index (κ3) is 5.47. The van der Waals surface area contributed by atoms with Crippen LogP contribution >= 0.6 is 0 Å². The molecule has 0 unspecified atom stereocenters. The normalized spacial score (nSPS) is 15.0. The van der Waals surface area contributed by atoms with Crippen molar-refractivity contribution in [2.75, 3.05) is 0 Å². The van der Waals surface area contributed by atoms with Crippen molar-refractivity contribution in [1.29, 1.82) is 0 Å². The molecule has 0 spiro atoms. The van der Waals surface area contributed by atoms with Gasteiger partial charge >= 0.3 is 7.12 Å². The zero-order valence-electron chi connectivity index (χ0n) is 30.0. The highest BCUT2D eigenvalue weighted by Crippen LogP contribution is 2.45. The highest BCUT2D eigenvalue weighted by Gasteiger charge is 2.51. The molecule has 9 rings (SSSR count). The van der Waals surface area contributed by atoms with E-state index < -0.39 is 18.3 Å². The van der Waals surface area contributed by atoms with Crippen molar-refractivity contribution < 1.29 is 9.31 Å². The maximum absolute atomic E-state index is 6.61. The zero-order chi connectivity index (χ0) is 35.5. The number of nitrogens with zero attached hydrogens (tertiary/aromatic N) is 1. The Balaban J connectivity index is 1.41. The van der Waals surface area contributed by atoms with Gasteiger partial charge in [-0.3, -0.25) is 0 Å². The van der Waals surface area contributed by atoms with Gasteiger partial charge in [-0.05, 0) is 96.4 Å². The van der Waals surface area contributed by atoms with Gasteiger partial charge in [0, 0.05) is 22.0 Å². The van der Waals surface area contributed by atoms with E-state index in [2.05, 4.69) is 202 Å². The largest absolute Gasteiger partial charge is 0.494 e. The fraction of sp³-hybridized carbons (Fsp3) is 0.125. The van der Waals surface area contributed by atoms with Gasteiger partial charge in [-0.25, -0.2) is 0 Å². The minimum absolute atomic E-state index is 0.442. The Morgan fingerprint density at radius 2 is 0.904 bits per heavy atom. The summed E-state index contributed by atoms with van der Waals surface area (Å²) in [6, 6.07) is 61.2. The topological polar surface area (TPSA) is 23.4 Å². The van der Waals surface area contributed by atoms with Crippen molar-refractivity contribution in [2.24, 2.45) is 0 Å². The number of hydrogen-bond donors (Lipinski definition) is 0. The van der Waals surface area contributed by atoms with E-state index in [1.165, 1.54) is 49.9 Å². The second-order valence-electron chi connectivity index (χ2n) is 14.8. The molecule has 2 heterocycles. The molecule has 0 aliphatic carbocycles. The minimum Gasteiger partial charge on any atom is -0.399 e. The van der Waals surface area contributed by atoms with E-state index in [0.29, 0.717) is 0 Å². The van der Waals surface area contributed by atoms with E-state index in [0.717, 1.165) is 27.6 Å². The Morgan fingerprint density at radius 3 is 1.42 bits per heavy atom. The Kier molecular flexibility index (Phi) is 7.77. The van der Waals surface area contributed by atoms with Crippen molar-refractivity contribution in [3.63, 3.8) is 0 Å². The van der Waals surface area contributed by atoms with E-state index in [1.807, 2.05) is 0 Å². The van der Waals surface area contributed by atoms with Gasteiger partial charge in [-0.2, -0.15) is 0 Å². The van der Waals surface area contributed by atoms with Gasteiger partial charge in [-0.1, -0.05) is 146 Å². The predicted molar refractivity (Wildman–Crippen MR) is 218 cm³/mol. The molecule has 0 amide bonds. The lowest BCUT2D eigenvalue weighted by molar-refractivity contribution is 0.00578. The molecule has 0 radical (unpaired) electrons. The molecule has 3 nitrogen and oxygen atoms in total. The monoisotopic (exact) mass is 673 g/mol. The third-order valence-electron chi connectivity index (χ3n) is 11.0. The summed E-state index contributed by atoms with van der Waals surface area (Å²) >= 11 is 0. The Labute approximate surface area is 306 Å². The van der Waals surface area contributed by atoms with Gasteiger partial charge in [0.05, 0.1) is 22.2 Å². The summed E-state index contributed by atoms with van der Waals surface area (Å²) in [4.78, 5) is 0. The van der Waals surface area contributed by atoms with E-state index in [-0.39, 0.29) is 0 Å². The fourth-order valence-corrected chi connectivity index (χ4v) is 7.60. The first kappa shape index (κ1) is 32.2. The summed E-state index contributed by atoms with van der Waals surface area (Å²) in [5.41, 5.74) is 12.9. The maximum atomic E-state index is 6.61. The summed E-state index contributed by atoms with van der Waals surface area (Å²) in [7, 11) is -0.476. The molecule has 7 aromatic carbocycles. The van der Waals surface area contributed by atoms with E-state index in [1.54, 1.807) is 0 Å². The Hall–Kier alpha value is -5.68. The SMILES string of the molecule is CC1(C)OB(c2ccc3c(c2)c2c(-c4ccccc4)ccc(-c4ccccc4)c2n3-c2cc(-c3ccccc3)cc(-c3ccccc3)c2)OC1(C)C. The second kappa shape index (κ2) is 12.5. The van der Waals surface area contributed by atoms with E-state index >= 15 is 0 Å². The van der Waals surface area contributed by atoms with E-state index in [4.69, 9.17) is 9.31 Å². The average Bonchev–Trinajstić information content (AvgIpc) is 3.64. The zero-order valence-corrected chi connectivity index (χ0v) is 30.0. The van der Waals surface area contributed by atoms with Crippen LogP contribution in [-0.2, 0) is 9.31 Å². The maximum Gasteiger partial charge on any atom is 0.494 e. The summed E-state index contributed by atoms with van der Waals surface area (Å²) in [6.07, 6.45) is 0. The highest BCUT2D eigenvalue weighted by atomic mass is 16.7. The van der Waals surface area contributed by atoms with Gasteiger partial charge in [0.2, 0.25) is 0 Å². The van der Waals surface area contributed by atoms with Gasteiger partial charge < -0.3 is 13.9 Å². The van der Waals surface area contributed by atoms with Gasteiger partial charge in [0.25, 0.3) is 0 Å².